The molecule has 0 fully saturated rings. The van der Waals surface area contributed by atoms with Gasteiger partial charge in [-0.2, -0.15) is 23.4 Å². The fraction of sp³-hybridized carbons (Fsp3) is 0.632. The summed E-state index contributed by atoms with van der Waals surface area (Å²) in [4.78, 5) is 12.5. The van der Waals surface area contributed by atoms with Crippen molar-refractivity contribution in [3.63, 3.8) is 0 Å². The number of carbonyl (C=O) groups excluding carboxylic acids is 1. The molecule has 0 saturated carbocycles. The van der Waals surface area contributed by atoms with Gasteiger partial charge < -0.3 is 5.32 Å². The van der Waals surface area contributed by atoms with E-state index in [0.717, 1.165) is 30.6 Å². The second kappa shape index (κ2) is 7.97. The molecule has 6 nitrogen and oxygen atoms in total. The minimum atomic E-state index is -4.50. The molecule has 1 aliphatic carbocycles. The summed E-state index contributed by atoms with van der Waals surface area (Å²) in [6, 6.07) is -0.288. The van der Waals surface area contributed by atoms with Crippen LogP contribution in [0, 0.1) is 6.92 Å². The largest absolute Gasteiger partial charge is 0.435 e. The molecule has 0 saturated heterocycles. The quantitative estimate of drug-likeness (QED) is 0.785. The van der Waals surface area contributed by atoms with Gasteiger partial charge in [-0.05, 0) is 46.5 Å². The zero-order valence-electron chi connectivity index (χ0n) is 16.4. The number of carbonyl (C=O) groups is 1. The molecule has 1 unspecified atom stereocenters. The lowest BCUT2D eigenvalue weighted by Crippen LogP contribution is -2.31. The van der Waals surface area contributed by atoms with Gasteiger partial charge in [-0.1, -0.05) is 6.42 Å². The van der Waals surface area contributed by atoms with Gasteiger partial charge in [0.05, 0.1) is 11.7 Å². The van der Waals surface area contributed by atoms with Crippen LogP contribution in [-0.2, 0) is 36.9 Å². The molecule has 3 rings (SSSR count). The molecule has 1 aliphatic rings. The maximum Gasteiger partial charge on any atom is 0.435 e. The molecule has 1 atom stereocenters. The third-order valence-corrected chi connectivity index (χ3v) is 5.22. The van der Waals surface area contributed by atoms with E-state index in [9.17, 15) is 18.0 Å². The fourth-order valence-electron chi connectivity index (χ4n) is 3.83. The number of hydrogen-bond donors (Lipinski definition) is 1. The Kier molecular flexibility index (Phi) is 5.81. The van der Waals surface area contributed by atoms with Gasteiger partial charge in [0.25, 0.3) is 0 Å². The van der Waals surface area contributed by atoms with Crippen molar-refractivity contribution in [3.05, 3.63) is 34.4 Å². The van der Waals surface area contributed by atoms with E-state index in [1.54, 1.807) is 4.68 Å². The first-order valence-corrected chi connectivity index (χ1v) is 9.69. The molecule has 0 radical (unpaired) electrons. The van der Waals surface area contributed by atoms with Gasteiger partial charge in [-0.3, -0.25) is 14.2 Å². The van der Waals surface area contributed by atoms with Gasteiger partial charge in [0.15, 0.2) is 5.69 Å². The van der Waals surface area contributed by atoms with Crippen molar-refractivity contribution in [3.8, 4) is 0 Å². The van der Waals surface area contributed by atoms with Crippen molar-refractivity contribution in [1.82, 2.24) is 24.9 Å². The smallest absolute Gasteiger partial charge is 0.348 e. The molecular weight excluding hydrogens is 371 g/mol. The van der Waals surface area contributed by atoms with Crippen LogP contribution in [0.3, 0.4) is 0 Å². The monoisotopic (exact) mass is 397 g/mol. The van der Waals surface area contributed by atoms with Gasteiger partial charge in [0.2, 0.25) is 5.91 Å². The fourth-order valence-corrected chi connectivity index (χ4v) is 3.83. The zero-order valence-corrected chi connectivity index (χ0v) is 16.4. The lowest BCUT2D eigenvalue weighted by Gasteiger charge is -2.14. The first kappa shape index (κ1) is 20.4. The summed E-state index contributed by atoms with van der Waals surface area (Å²) in [6.45, 7) is 6.19. The van der Waals surface area contributed by atoms with Crippen molar-refractivity contribution in [1.29, 1.82) is 0 Å². The first-order valence-electron chi connectivity index (χ1n) is 9.69. The Bertz CT molecular complexity index is 853. The van der Waals surface area contributed by atoms with E-state index in [2.05, 4.69) is 15.5 Å². The lowest BCUT2D eigenvalue weighted by atomic mass is 10.1. The van der Waals surface area contributed by atoms with Crippen LogP contribution in [0.25, 0.3) is 0 Å². The minimum absolute atomic E-state index is 0.219. The first-order chi connectivity index (χ1) is 13.2. The molecule has 1 amide bonds. The highest BCUT2D eigenvalue weighted by Crippen LogP contribution is 2.35. The second-order valence-corrected chi connectivity index (χ2v) is 7.30. The number of hydrogen-bond acceptors (Lipinski definition) is 3. The van der Waals surface area contributed by atoms with E-state index >= 15 is 0 Å². The van der Waals surface area contributed by atoms with Crippen molar-refractivity contribution < 1.29 is 18.0 Å². The molecule has 0 bridgehead atoms. The van der Waals surface area contributed by atoms with Gasteiger partial charge in [-0.15, -0.1) is 0 Å². The van der Waals surface area contributed by atoms with Crippen LogP contribution >= 0.6 is 0 Å². The molecule has 0 aliphatic heterocycles. The van der Waals surface area contributed by atoms with Gasteiger partial charge >= 0.3 is 6.18 Å². The lowest BCUT2D eigenvalue weighted by molar-refractivity contribution is -0.142. The highest BCUT2D eigenvalue weighted by molar-refractivity contribution is 5.76. The molecule has 2 heterocycles. The van der Waals surface area contributed by atoms with E-state index in [0.29, 0.717) is 25.0 Å². The number of aromatic nitrogens is 4. The van der Waals surface area contributed by atoms with Crippen molar-refractivity contribution in [2.45, 2.75) is 78.2 Å². The number of amides is 1. The second-order valence-electron chi connectivity index (χ2n) is 7.30. The van der Waals surface area contributed by atoms with E-state index < -0.39 is 11.9 Å². The van der Waals surface area contributed by atoms with Crippen LogP contribution in [-0.4, -0.2) is 25.5 Å². The topological polar surface area (TPSA) is 64.7 Å². The normalized spacial score (nSPS) is 15.8. The Morgan fingerprint density at radius 1 is 1.25 bits per heavy atom. The Hall–Kier alpha value is -2.32. The predicted octanol–water partition coefficient (Wildman–Crippen LogP) is 3.57. The number of nitrogens with zero attached hydrogens (tertiary/aromatic N) is 4. The standard InChI is InChI=1S/C19H26F3N5O/c1-4-26-10-15(13(3)24-26)12(2)23-17(28)11-27-16-9-7-5-6-8-14(16)18(25-27)19(20,21)22/h10,12H,4-9,11H2,1-3H3,(H,23,28). The van der Waals surface area contributed by atoms with Crippen LogP contribution in [0.15, 0.2) is 6.20 Å². The number of aryl methyl sites for hydroxylation is 2. The van der Waals surface area contributed by atoms with Gasteiger partial charge in [0, 0.05) is 29.6 Å². The van der Waals surface area contributed by atoms with Crippen molar-refractivity contribution >= 4 is 5.91 Å². The van der Waals surface area contributed by atoms with Crippen LogP contribution in [0.2, 0.25) is 0 Å². The van der Waals surface area contributed by atoms with Gasteiger partial charge in [-0.25, -0.2) is 0 Å². The highest BCUT2D eigenvalue weighted by Gasteiger charge is 2.39. The van der Waals surface area contributed by atoms with Crippen LogP contribution in [0.4, 0.5) is 13.2 Å². The Morgan fingerprint density at radius 2 is 1.96 bits per heavy atom. The average molecular weight is 397 g/mol. The Labute approximate surface area is 162 Å². The summed E-state index contributed by atoms with van der Waals surface area (Å²) in [7, 11) is 0. The maximum atomic E-state index is 13.4. The highest BCUT2D eigenvalue weighted by atomic mass is 19.4. The molecular formula is C19H26F3N5O. The minimum Gasteiger partial charge on any atom is -0.348 e. The molecule has 1 N–H and O–H groups in total. The summed E-state index contributed by atoms with van der Waals surface area (Å²) in [6.07, 6.45) is 0.656. The molecule has 0 aromatic carbocycles. The average Bonchev–Trinajstić information content (AvgIpc) is 3.05. The zero-order chi connectivity index (χ0) is 20.5. The van der Waals surface area contributed by atoms with Crippen LogP contribution in [0.5, 0.6) is 0 Å². The van der Waals surface area contributed by atoms with Gasteiger partial charge in [0.1, 0.15) is 6.54 Å². The SMILES string of the molecule is CCn1cc(C(C)NC(=O)Cn2nc(C(F)(F)F)c3c2CCCCC3)c(C)n1. The maximum absolute atomic E-state index is 13.4. The van der Waals surface area contributed by atoms with E-state index in [-0.39, 0.29) is 24.1 Å². The third-order valence-electron chi connectivity index (χ3n) is 5.22. The summed E-state index contributed by atoms with van der Waals surface area (Å²) in [5.41, 5.74) is 1.67. The van der Waals surface area contributed by atoms with Crippen molar-refractivity contribution in [2.75, 3.05) is 0 Å². The molecule has 2 aromatic heterocycles. The number of rotatable bonds is 5. The third kappa shape index (κ3) is 4.23. The van der Waals surface area contributed by atoms with E-state index in [1.165, 1.54) is 4.68 Å². The molecule has 28 heavy (non-hydrogen) atoms. The molecule has 0 spiro atoms. The number of halogens is 3. The summed E-state index contributed by atoms with van der Waals surface area (Å²) in [5, 5.41) is 11.0. The number of fused-ring (bicyclic) bond motifs is 1. The van der Waals surface area contributed by atoms with Crippen LogP contribution in [0.1, 0.15) is 67.4 Å². The number of nitrogens with one attached hydrogen (secondary N) is 1. The summed E-state index contributed by atoms with van der Waals surface area (Å²) < 4.78 is 43.2. The van der Waals surface area contributed by atoms with Crippen molar-refractivity contribution in [2.24, 2.45) is 0 Å². The summed E-state index contributed by atoms with van der Waals surface area (Å²) >= 11 is 0. The van der Waals surface area contributed by atoms with E-state index in [4.69, 9.17) is 0 Å². The Balaban J connectivity index is 1.78. The predicted molar refractivity (Wildman–Crippen MR) is 97.7 cm³/mol. The molecule has 9 heteroatoms. The molecule has 2 aromatic rings. The Morgan fingerprint density at radius 3 is 2.61 bits per heavy atom. The summed E-state index contributed by atoms with van der Waals surface area (Å²) in [5.74, 6) is -0.362. The van der Waals surface area contributed by atoms with Crippen LogP contribution < -0.4 is 5.32 Å². The van der Waals surface area contributed by atoms with E-state index in [1.807, 2.05) is 27.0 Å². The number of alkyl halides is 3. The molecule has 154 valence electrons.